The molecule has 1 aromatic carbocycles. The van der Waals surface area contributed by atoms with Gasteiger partial charge in [0.1, 0.15) is 0 Å². The summed E-state index contributed by atoms with van der Waals surface area (Å²) in [5.41, 5.74) is 0.924. The molecule has 1 saturated heterocycles. The monoisotopic (exact) mass is 257 g/mol. The van der Waals surface area contributed by atoms with Crippen molar-refractivity contribution >= 4 is 10.9 Å². The summed E-state index contributed by atoms with van der Waals surface area (Å²) in [6, 6.07) is 7.69. The second-order valence-corrected chi connectivity index (χ2v) is 5.47. The minimum absolute atomic E-state index is 0.000818. The zero-order chi connectivity index (χ0) is 13.2. The lowest BCUT2D eigenvalue weighted by Crippen LogP contribution is -2.35. The van der Waals surface area contributed by atoms with Gasteiger partial charge in [-0.2, -0.15) is 5.10 Å². The van der Waals surface area contributed by atoms with Crippen LogP contribution in [0.3, 0.4) is 0 Å². The van der Waals surface area contributed by atoms with Gasteiger partial charge in [0.15, 0.2) is 0 Å². The van der Waals surface area contributed by atoms with E-state index in [9.17, 15) is 4.79 Å². The van der Waals surface area contributed by atoms with Crippen LogP contribution in [0.4, 0.5) is 0 Å². The molecule has 0 spiro atoms. The summed E-state index contributed by atoms with van der Waals surface area (Å²) in [5.74, 6) is 0.829. The Balaban J connectivity index is 1.89. The summed E-state index contributed by atoms with van der Waals surface area (Å²) in [5, 5.41) is 5.03. The lowest BCUT2D eigenvalue weighted by molar-refractivity contribution is 0.149. The number of piperidine rings is 1. The third kappa shape index (κ3) is 2.54. The smallest absolute Gasteiger partial charge is 0.207 e. The highest BCUT2D eigenvalue weighted by Gasteiger charge is 2.16. The lowest BCUT2D eigenvalue weighted by atomic mass is 10.00. The number of benzene rings is 1. The Morgan fingerprint density at radius 3 is 2.79 bits per heavy atom. The summed E-state index contributed by atoms with van der Waals surface area (Å²) >= 11 is 0. The van der Waals surface area contributed by atoms with Crippen LogP contribution in [0.1, 0.15) is 19.8 Å². The molecular formula is C15H19N3O. The molecule has 2 heterocycles. The van der Waals surface area contributed by atoms with Crippen LogP contribution in [0.2, 0.25) is 0 Å². The lowest BCUT2D eigenvalue weighted by Gasteiger charge is -2.30. The van der Waals surface area contributed by atoms with Gasteiger partial charge in [-0.3, -0.25) is 14.4 Å². The van der Waals surface area contributed by atoms with Crippen LogP contribution < -0.4 is 5.43 Å². The minimum Gasteiger partial charge on any atom is -0.287 e. The number of fused-ring (bicyclic) bond motifs is 1. The highest BCUT2D eigenvalue weighted by Crippen LogP contribution is 2.17. The van der Waals surface area contributed by atoms with Gasteiger partial charge in [0.25, 0.3) is 0 Å². The topological polar surface area (TPSA) is 38.1 Å². The van der Waals surface area contributed by atoms with Crippen molar-refractivity contribution in [3.8, 4) is 0 Å². The van der Waals surface area contributed by atoms with E-state index in [0.29, 0.717) is 0 Å². The van der Waals surface area contributed by atoms with Gasteiger partial charge in [-0.25, -0.2) is 0 Å². The molecule has 4 nitrogen and oxygen atoms in total. The number of aromatic nitrogens is 2. The Morgan fingerprint density at radius 1 is 1.26 bits per heavy atom. The Hall–Kier alpha value is -1.68. The molecule has 0 amide bonds. The van der Waals surface area contributed by atoms with E-state index in [4.69, 9.17) is 0 Å². The largest absolute Gasteiger partial charge is 0.287 e. The van der Waals surface area contributed by atoms with Crippen molar-refractivity contribution in [1.82, 2.24) is 14.7 Å². The number of nitrogens with zero attached hydrogens (tertiary/aromatic N) is 3. The molecule has 0 unspecified atom stereocenters. The summed E-state index contributed by atoms with van der Waals surface area (Å²) in [4.78, 5) is 14.2. The molecular weight excluding hydrogens is 238 g/mol. The Bertz CT molecular complexity index is 627. The summed E-state index contributed by atoms with van der Waals surface area (Å²) in [7, 11) is 0. The zero-order valence-electron chi connectivity index (χ0n) is 11.2. The van der Waals surface area contributed by atoms with E-state index < -0.39 is 0 Å². The van der Waals surface area contributed by atoms with Gasteiger partial charge in [0, 0.05) is 18.5 Å². The Labute approximate surface area is 112 Å². The highest BCUT2D eigenvalue weighted by atomic mass is 16.1. The van der Waals surface area contributed by atoms with E-state index in [1.165, 1.54) is 19.0 Å². The molecule has 1 aliphatic rings. The molecule has 0 radical (unpaired) electrons. The Kier molecular flexibility index (Phi) is 3.34. The second-order valence-electron chi connectivity index (χ2n) is 5.47. The first-order valence-corrected chi connectivity index (χ1v) is 6.91. The molecule has 1 aliphatic heterocycles. The van der Waals surface area contributed by atoms with Crippen LogP contribution in [-0.4, -0.2) is 27.8 Å². The maximum absolute atomic E-state index is 11.8. The normalized spacial score (nSPS) is 17.9. The van der Waals surface area contributed by atoms with Crippen LogP contribution in [-0.2, 0) is 6.67 Å². The molecule has 1 aromatic heterocycles. The molecule has 1 fully saturated rings. The van der Waals surface area contributed by atoms with Crippen LogP contribution in [0.25, 0.3) is 10.9 Å². The van der Waals surface area contributed by atoms with Gasteiger partial charge in [0.2, 0.25) is 5.43 Å². The molecule has 0 N–H and O–H groups in total. The fourth-order valence-electron chi connectivity index (χ4n) is 2.67. The van der Waals surface area contributed by atoms with Crippen molar-refractivity contribution in [3.63, 3.8) is 0 Å². The summed E-state index contributed by atoms with van der Waals surface area (Å²) in [6.07, 6.45) is 3.92. The first-order chi connectivity index (χ1) is 9.24. The van der Waals surface area contributed by atoms with Gasteiger partial charge >= 0.3 is 0 Å². The number of para-hydroxylation sites is 1. The first kappa shape index (κ1) is 12.4. The van der Waals surface area contributed by atoms with Crippen LogP contribution in [0.5, 0.6) is 0 Å². The van der Waals surface area contributed by atoms with Crippen molar-refractivity contribution < 1.29 is 0 Å². The van der Waals surface area contributed by atoms with E-state index in [0.717, 1.165) is 36.6 Å². The van der Waals surface area contributed by atoms with E-state index in [1.54, 1.807) is 0 Å². The molecule has 0 bridgehead atoms. The molecule has 0 saturated carbocycles. The predicted molar refractivity (Wildman–Crippen MR) is 76.0 cm³/mol. The van der Waals surface area contributed by atoms with E-state index in [-0.39, 0.29) is 5.43 Å². The maximum atomic E-state index is 11.8. The van der Waals surface area contributed by atoms with Gasteiger partial charge in [-0.1, -0.05) is 19.1 Å². The predicted octanol–water partition coefficient (Wildman–Crippen LogP) is 2.09. The van der Waals surface area contributed by atoms with E-state index >= 15 is 0 Å². The maximum Gasteiger partial charge on any atom is 0.207 e. The van der Waals surface area contributed by atoms with Crippen molar-refractivity contribution in [1.29, 1.82) is 0 Å². The molecule has 0 atom stereocenters. The number of hydrogen-bond acceptors (Lipinski definition) is 3. The average molecular weight is 257 g/mol. The Morgan fingerprint density at radius 2 is 2.00 bits per heavy atom. The fourth-order valence-corrected chi connectivity index (χ4v) is 2.67. The second kappa shape index (κ2) is 5.13. The van der Waals surface area contributed by atoms with Crippen molar-refractivity contribution in [2.75, 3.05) is 13.1 Å². The molecule has 19 heavy (non-hydrogen) atoms. The van der Waals surface area contributed by atoms with Crippen molar-refractivity contribution in [3.05, 3.63) is 40.7 Å². The van der Waals surface area contributed by atoms with Crippen molar-refractivity contribution in [2.45, 2.75) is 26.4 Å². The average Bonchev–Trinajstić information content (AvgIpc) is 2.45. The van der Waals surface area contributed by atoms with Gasteiger partial charge in [0.05, 0.1) is 18.4 Å². The highest BCUT2D eigenvalue weighted by molar-refractivity contribution is 5.77. The number of hydrogen-bond donors (Lipinski definition) is 0. The summed E-state index contributed by atoms with van der Waals surface area (Å²) < 4.78 is 1.94. The minimum atomic E-state index is -0.000818. The SMILES string of the molecule is CC1CCN(Cn2ncc(=O)c3ccccc32)CC1. The van der Waals surface area contributed by atoms with Crippen LogP contribution in [0.15, 0.2) is 35.3 Å². The van der Waals surface area contributed by atoms with Crippen LogP contribution >= 0.6 is 0 Å². The molecule has 4 heteroatoms. The van der Waals surface area contributed by atoms with E-state index in [1.807, 2.05) is 28.9 Å². The quantitative estimate of drug-likeness (QED) is 0.826. The van der Waals surface area contributed by atoms with Crippen LogP contribution in [0, 0.1) is 5.92 Å². The van der Waals surface area contributed by atoms with Gasteiger partial charge < -0.3 is 0 Å². The molecule has 2 aromatic rings. The van der Waals surface area contributed by atoms with Gasteiger partial charge in [-0.15, -0.1) is 0 Å². The first-order valence-electron chi connectivity index (χ1n) is 6.91. The van der Waals surface area contributed by atoms with Crippen molar-refractivity contribution in [2.24, 2.45) is 5.92 Å². The van der Waals surface area contributed by atoms with E-state index in [2.05, 4.69) is 16.9 Å². The summed E-state index contributed by atoms with van der Waals surface area (Å²) in [6.45, 7) is 5.31. The zero-order valence-corrected chi connectivity index (χ0v) is 11.2. The van der Waals surface area contributed by atoms with Gasteiger partial charge in [-0.05, 0) is 30.9 Å². The molecule has 3 rings (SSSR count). The third-order valence-corrected chi connectivity index (χ3v) is 3.97. The number of rotatable bonds is 2. The number of likely N-dealkylation sites (tertiary alicyclic amines) is 1. The fraction of sp³-hybridized carbons (Fsp3) is 0.467. The standard InChI is InChI=1S/C15H19N3O/c1-12-6-8-17(9-7-12)11-18-14-5-3-2-4-13(14)15(19)10-16-18/h2-5,10,12H,6-9,11H2,1H3. The third-order valence-electron chi connectivity index (χ3n) is 3.97. The molecule has 100 valence electrons. The molecule has 0 aliphatic carbocycles.